The zero-order chi connectivity index (χ0) is 24.0. The van der Waals surface area contributed by atoms with Crippen LogP contribution in [0.1, 0.15) is 38.4 Å². The lowest BCUT2D eigenvalue weighted by atomic mass is 10.5. The van der Waals surface area contributed by atoms with Gasteiger partial charge in [-0.3, -0.25) is 9.36 Å². The number of amides is 1. The number of carbonyl (C=O) groups excluding carboxylic acids is 1. The van der Waals surface area contributed by atoms with E-state index in [0.717, 1.165) is 6.42 Å². The minimum absolute atomic E-state index is 0. The summed E-state index contributed by atoms with van der Waals surface area (Å²) in [6.07, 6.45) is 4.17. The molecule has 2 aromatic rings. The van der Waals surface area contributed by atoms with Crippen LogP contribution in [-0.4, -0.2) is 56.2 Å². The Morgan fingerprint density at radius 2 is 2.06 bits per heavy atom. The fraction of sp³-hybridized carbons (Fsp3) is 0.550. The number of H-pyrrole nitrogens is 1. The van der Waals surface area contributed by atoms with Gasteiger partial charge in [0.25, 0.3) is 0 Å². The number of nitrogens with one attached hydrogen (secondary N) is 2. The zero-order valence-corrected chi connectivity index (χ0v) is 19.8. The van der Waals surface area contributed by atoms with Gasteiger partial charge in [0.1, 0.15) is 28.3 Å². The number of aromatic nitrogens is 4. The van der Waals surface area contributed by atoms with Gasteiger partial charge in [-0.2, -0.15) is 19.3 Å². The molecule has 2 aliphatic heterocycles. The maximum Gasteiger partial charge on any atom is 0.498 e. The molecule has 2 aromatic heterocycles. The number of aromatic amines is 1. The van der Waals surface area contributed by atoms with Crippen molar-refractivity contribution >= 4 is 41.1 Å². The lowest BCUT2D eigenvalue weighted by molar-refractivity contribution is -0.716. The van der Waals surface area contributed by atoms with E-state index in [4.69, 9.17) is 20.3 Å². The minimum Gasteiger partial charge on any atom is -0.393 e. The van der Waals surface area contributed by atoms with Gasteiger partial charge < -0.3 is 25.6 Å². The SMILES string of the molecule is C.CC[C@H]1OCC(n2ccc(NC(C)=O)nc2=O)S1.Nc1cc[n+]([C@@H]2CO[C@H](CO)S2)c(=O)[nH]1. The summed E-state index contributed by atoms with van der Waals surface area (Å²) in [4.78, 5) is 40.5. The largest absolute Gasteiger partial charge is 0.498 e. The van der Waals surface area contributed by atoms with Crippen LogP contribution in [0, 0.1) is 0 Å². The number of rotatable bonds is 5. The first-order valence-electron chi connectivity index (χ1n) is 10.2. The van der Waals surface area contributed by atoms with E-state index >= 15 is 0 Å². The van der Waals surface area contributed by atoms with Gasteiger partial charge in [-0.25, -0.2) is 4.79 Å². The second kappa shape index (κ2) is 12.9. The Morgan fingerprint density at radius 3 is 2.62 bits per heavy atom. The number of hydrogen-bond donors (Lipinski definition) is 4. The van der Waals surface area contributed by atoms with Crippen LogP contribution in [0.25, 0.3) is 0 Å². The molecule has 2 aliphatic rings. The zero-order valence-electron chi connectivity index (χ0n) is 18.2. The summed E-state index contributed by atoms with van der Waals surface area (Å²) in [6, 6.07) is 3.23. The van der Waals surface area contributed by atoms with Crippen molar-refractivity contribution in [3.63, 3.8) is 0 Å². The Kier molecular flexibility index (Phi) is 10.6. The van der Waals surface area contributed by atoms with Crippen LogP contribution in [0.3, 0.4) is 0 Å². The van der Waals surface area contributed by atoms with Crippen LogP contribution in [0.2, 0.25) is 0 Å². The molecule has 34 heavy (non-hydrogen) atoms. The molecule has 0 radical (unpaired) electrons. The predicted molar refractivity (Wildman–Crippen MR) is 131 cm³/mol. The number of thioether (sulfide) groups is 2. The van der Waals surface area contributed by atoms with E-state index in [1.54, 1.807) is 36.3 Å². The summed E-state index contributed by atoms with van der Waals surface area (Å²) in [7, 11) is 0. The molecule has 4 rings (SSSR count). The Morgan fingerprint density at radius 1 is 1.32 bits per heavy atom. The highest BCUT2D eigenvalue weighted by molar-refractivity contribution is 8.00. The van der Waals surface area contributed by atoms with Crippen molar-refractivity contribution in [1.82, 2.24) is 14.5 Å². The molecule has 0 aromatic carbocycles. The Bertz CT molecular complexity index is 1080. The molecule has 2 saturated heterocycles. The highest BCUT2D eigenvalue weighted by atomic mass is 32.2. The van der Waals surface area contributed by atoms with E-state index in [2.05, 4.69) is 15.3 Å². The molecule has 5 N–H and O–H groups in total. The van der Waals surface area contributed by atoms with Crippen molar-refractivity contribution in [2.45, 2.75) is 49.3 Å². The average molecular weight is 516 g/mol. The van der Waals surface area contributed by atoms with Crippen molar-refractivity contribution in [3.05, 3.63) is 45.5 Å². The smallest absolute Gasteiger partial charge is 0.393 e. The fourth-order valence-corrected chi connectivity index (χ4v) is 5.25. The third kappa shape index (κ3) is 7.30. The maximum atomic E-state index is 11.8. The van der Waals surface area contributed by atoms with Crippen LogP contribution in [-0.2, 0) is 14.3 Å². The van der Waals surface area contributed by atoms with Gasteiger partial charge in [0.05, 0.1) is 19.8 Å². The minimum atomic E-state index is -0.376. The van der Waals surface area contributed by atoms with Gasteiger partial charge in [-0.15, -0.1) is 11.8 Å². The van der Waals surface area contributed by atoms with Gasteiger partial charge in [0.15, 0.2) is 11.2 Å². The molecule has 188 valence electrons. The second-order valence-electron chi connectivity index (χ2n) is 7.09. The molecule has 1 amide bonds. The van der Waals surface area contributed by atoms with Crippen LogP contribution >= 0.6 is 23.5 Å². The van der Waals surface area contributed by atoms with Gasteiger partial charge in [0.2, 0.25) is 5.91 Å². The lowest BCUT2D eigenvalue weighted by Crippen LogP contribution is -2.53. The normalized spacial score (nSPS) is 23.5. The van der Waals surface area contributed by atoms with Crippen LogP contribution in [0.5, 0.6) is 0 Å². The summed E-state index contributed by atoms with van der Waals surface area (Å²) in [5.74, 6) is 0.364. The molecule has 12 nitrogen and oxygen atoms in total. The number of ether oxygens (including phenoxy) is 2. The third-order valence-corrected chi connectivity index (χ3v) is 7.32. The molecule has 14 heteroatoms. The van der Waals surface area contributed by atoms with Gasteiger partial charge in [-0.1, -0.05) is 26.1 Å². The standard InChI is InChI=1S/C11H15N3O3S.C8H11N3O3S.CH4/c1-3-10-17-6-9(18-10)14-5-4-8(12-7(2)15)13-11(14)16;9-5-1-2-11(8(13)10-5)6-4-14-7(3-12)15-6;/h4-5,9-10H,3,6H2,1-2H3,(H,12,13,15,16);1-2,6-7,12H,3-4H2,(H2,9,10,13);1H4/p+1/t9?,10-;6-,7-;/m00./s1. The van der Waals surface area contributed by atoms with Gasteiger partial charge in [-0.05, 0) is 12.5 Å². The van der Waals surface area contributed by atoms with E-state index in [9.17, 15) is 14.4 Å². The fourth-order valence-electron chi connectivity index (χ4n) is 3.05. The summed E-state index contributed by atoms with van der Waals surface area (Å²) >= 11 is 3.02. The number of hydrogen-bond acceptors (Lipinski definition) is 10. The highest BCUT2D eigenvalue weighted by Crippen LogP contribution is 2.36. The third-order valence-electron chi connectivity index (χ3n) is 4.60. The Hall–Kier alpha value is -2.39. The van der Waals surface area contributed by atoms with E-state index in [1.807, 2.05) is 6.92 Å². The topological polar surface area (TPSA) is 165 Å². The van der Waals surface area contributed by atoms with E-state index in [0.29, 0.717) is 19.0 Å². The molecule has 0 aliphatic carbocycles. The van der Waals surface area contributed by atoms with Crippen molar-refractivity contribution in [2.75, 3.05) is 30.9 Å². The molecular weight excluding hydrogens is 484 g/mol. The van der Waals surface area contributed by atoms with Gasteiger partial charge >= 0.3 is 11.4 Å². The maximum absolute atomic E-state index is 11.8. The van der Waals surface area contributed by atoms with Crippen molar-refractivity contribution in [1.29, 1.82) is 0 Å². The first-order valence-corrected chi connectivity index (χ1v) is 12.1. The molecule has 4 atom stereocenters. The van der Waals surface area contributed by atoms with E-state index in [1.165, 1.54) is 27.8 Å². The number of aliphatic hydroxyl groups is 1. The molecule has 4 heterocycles. The van der Waals surface area contributed by atoms with Crippen molar-refractivity contribution in [3.8, 4) is 0 Å². The Labute approximate surface area is 205 Å². The monoisotopic (exact) mass is 515 g/mol. The lowest BCUT2D eigenvalue weighted by Gasteiger charge is -2.11. The quantitative estimate of drug-likeness (QED) is 0.416. The number of carbonyl (C=O) groups is 1. The first kappa shape index (κ1) is 27.9. The predicted octanol–water partition coefficient (Wildman–Crippen LogP) is 0.661. The summed E-state index contributed by atoms with van der Waals surface area (Å²) in [5, 5.41) is 11.2. The van der Waals surface area contributed by atoms with Crippen LogP contribution < -0.4 is 27.0 Å². The molecule has 1 unspecified atom stereocenters. The summed E-state index contributed by atoms with van der Waals surface area (Å²) in [5.41, 5.74) is 4.67. The molecule has 0 bridgehead atoms. The van der Waals surface area contributed by atoms with Crippen molar-refractivity contribution < 1.29 is 23.9 Å². The molecule has 0 saturated carbocycles. The first-order chi connectivity index (χ1) is 15.8. The number of nitrogens with two attached hydrogens (primary N) is 1. The number of nitrogens with zero attached hydrogens (tertiary/aromatic N) is 3. The molecule has 0 spiro atoms. The number of anilines is 2. The molecular formula is C20H31N6O6S2+. The van der Waals surface area contributed by atoms with E-state index < -0.39 is 0 Å². The van der Waals surface area contributed by atoms with Crippen LogP contribution in [0.15, 0.2) is 34.1 Å². The highest BCUT2D eigenvalue weighted by Gasteiger charge is 2.31. The second-order valence-corrected chi connectivity index (χ2v) is 9.77. The molecule has 2 fully saturated rings. The van der Waals surface area contributed by atoms with Gasteiger partial charge in [0, 0.05) is 19.2 Å². The van der Waals surface area contributed by atoms with Crippen LogP contribution in [0.4, 0.5) is 11.6 Å². The van der Waals surface area contributed by atoms with Crippen molar-refractivity contribution in [2.24, 2.45) is 0 Å². The summed E-state index contributed by atoms with van der Waals surface area (Å²) < 4.78 is 13.8. The summed E-state index contributed by atoms with van der Waals surface area (Å²) in [6.45, 7) is 4.28. The average Bonchev–Trinajstić information content (AvgIpc) is 3.43. The van der Waals surface area contributed by atoms with E-state index in [-0.39, 0.29) is 58.8 Å². The Balaban J connectivity index is 0.000000237. The number of nitrogen functional groups attached to an aromatic ring is 1. The number of aliphatic hydroxyl groups excluding tert-OH is 1.